The van der Waals surface area contributed by atoms with Crippen LogP contribution in [-0.2, 0) is 6.42 Å². The van der Waals surface area contributed by atoms with Crippen molar-refractivity contribution in [1.82, 2.24) is 10.3 Å². The summed E-state index contributed by atoms with van der Waals surface area (Å²) in [5.74, 6) is 0.485. The number of benzene rings is 1. The molecule has 4 heteroatoms. The van der Waals surface area contributed by atoms with Crippen molar-refractivity contribution >= 4 is 11.3 Å². The van der Waals surface area contributed by atoms with E-state index in [-0.39, 0.29) is 5.82 Å². The molecule has 0 radical (unpaired) electrons. The van der Waals surface area contributed by atoms with E-state index in [1.807, 2.05) is 18.3 Å². The minimum absolute atomic E-state index is 0.182. The molecule has 100 valence electrons. The molecule has 2 heterocycles. The summed E-state index contributed by atoms with van der Waals surface area (Å²) in [7, 11) is 0. The lowest BCUT2D eigenvalue weighted by Crippen LogP contribution is -2.26. The number of hydrogen-bond donors (Lipinski definition) is 1. The van der Waals surface area contributed by atoms with E-state index in [2.05, 4.69) is 10.3 Å². The minimum atomic E-state index is -0.182. The van der Waals surface area contributed by atoms with Gasteiger partial charge in [-0.1, -0.05) is 12.1 Å². The van der Waals surface area contributed by atoms with Crippen molar-refractivity contribution in [1.29, 1.82) is 0 Å². The van der Waals surface area contributed by atoms with Gasteiger partial charge in [-0.2, -0.15) is 0 Å². The quantitative estimate of drug-likeness (QED) is 0.930. The monoisotopic (exact) mass is 276 g/mol. The highest BCUT2D eigenvalue weighted by molar-refractivity contribution is 7.11. The molecule has 1 aromatic heterocycles. The molecule has 0 saturated carbocycles. The Morgan fingerprint density at radius 2 is 1.95 bits per heavy atom. The number of halogens is 1. The summed E-state index contributed by atoms with van der Waals surface area (Å²) < 4.78 is 12.9. The van der Waals surface area contributed by atoms with Crippen LogP contribution in [0, 0.1) is 5.82 Å². The number of piperidine rings is 1. The second kappa shape index (κ2) is 5.80. The van der Waals surface area contributed by atoms with Crippen LogP contribution < -0.4 is 5.32 Å². The van der Waals surface area contributed by atoms with E-state index < -0.39 is 0 Å². The maximum absolute atomic E-state index is 12.9. The van der Waals surface area contributed by atoms with Gasteiger partial charge in [0, 0.05) is 17.5 Å². The highest BCUT2D eigenvalue weighted by Crippen LogP contribution is 2.30. The Balaban J connectivity index is 1.68. The van der Waals surface area contributed by atoms with Gasteiger partial charge >= 0.3 is 0 Å². The van der Waals surface area contributed by atoms with E-state index >= 15 is 0 Å². The first-order chi connectivity index (χ1) is 9.31. The molecule has 1 fully saturated rings. The Morgan fingerprint density at radius 3 is 2.68 bits per heavy atom. The molecule has 19 heavy (non-hydrogen) atoms. The fraction of sp³-hybridized carbons (Fsp3) is 0.400. The van der Waals surface area contributed by atoms with E-state index in [9.17, 15) is 4.39 Å². The predicted molar refractivity (Wildman–Crippen MR) is 76.2 cm³/mol. The van der Waals surface area contributed by atoms with Crippen molar-refractivity contribution < 1.29 is 4.39 Å². The second-order valence-corrected chi connectivity index (χ2v) is 6.13. The predicted octanol–water partition coefficient (Wildman–Crippen LogP) is 3.34. The second-order valence-electron chi connectivity index (χ2n) is 4.98. The van der Waals surface area contributed by atoms with Crippen molar-refractivity contribution in [3.63, 3.8) is 0 Å². The number of thiazole rings is 1. The van der Waals surface area contributed by atoms with Gasteiger partial charge in [0.1, 0.15) is 5.82 Å². The summed E-state index contributed by atoms with van der Waals surface area (Å²) >= 11 is 1.81. The number of aromatic nitrogens is 1. The van der Waals surface area contributed by atoms with E-state index in [0.717, 1.165) is 30.1 Å². The molecular formula is C15H17FN2S. The van der Waals surface area contributed by atoms with Crippen LogP contribution in [0.4, 0.5) is 4.39 Å². The molecule has 1 aliphatic rings. The molecule has 3 rings (SSSR count). The standard InChI is InChI=1S/C15H17FN2S/c16-13-3-1-11(2-4-13)9-15-18-10-14(19-15)12-5-7-17-8-6-12/h1-4,10,12,17H,5-9H2. The van der Waals surface area contributed by atoms with E-state index in [0.29, 0.717) is 5.92 Å². The lowest BCUT2D eigenvalue weighted by Gasteiger charge is -2.20. The van der Waals surface area contributed by atoms with Crippen LogP contribution in [-0.4, -0.2) is 18.1 Å². The number of nitrogens with zero attached hydrogens (tertiary/aromatic N) is 1. The lowest BCUT2D eigenvalue weighted by molar-refractivity contribution is 0.465. The normalized spacial score (nSPS) is 16.7. The molecule has 2 aromatic rings. The smallest absolute Gasteiger partial charge is 0.123 e. The fourth-order valence-corrected chi connectivity index (χ4v) is 3.60. The maximum atomic E-state index is 12.9. The van der Waals surface area contributed by atoms with Crippen LogP contribution in [0.15, 0.2) is 30.5 Å². The van der Waals surface area contributed by atoms with Crippen LogP contribution in [0.2, 0.25) is 0 Å². The van der Waals surface area contributed by atoms with E-state index in [4.69, 9.17) is 0 Å². The van der Waals surface area contributed by atoms with Crippen LogP contribution >= 0.6 is 11.3 Å². The lowest BCUT2D eigenvalue weighted by atomic mass is 9.97. The first kappa shape index (κ1) is 12.8. The molecule has 0 atom stereocenters. The van der Waals surface area contributed by atoms with Gasteiger partial charge in [-0.05, 0) is 49.5 Å². The zero-order valence-electron chi connectivity index (χ0n) is 10.7. The van der Waals surface area contributed by atoms with Gasteiger partial charge in [0.25, 0.3) is 0 Å². The molecule has 0 aliphatic carbocycles. The third kappa shape index (κ3) is 3.19. The van der Waals surface area contributed by atoms with Crippen molar-refractivity contribution in [2.45, 2.75) is 25.2 Å². The van der Waals surface area contributed by atoms with Crippen molar-refractivity contribution in [2.24, 2.45) is 0 Å². The van der Waals surface area contributed by atoms with Gasteiger partial charge in [-0.15, -0.1) is 11.3 Å². The highest BCUT2D eigenvalue weighted by Gasteiger charge is 2.17. The van der Waals surface area contributed by atoms with Gasteiger partial charge in [-0.3, -0.25) is 0 Å². The highest BCUT2D eigenvalue weighted by atomic mass is 32.1. The van der Waals surface area contributed by atoms with Crippen molar-refractivity contribution in [2.75, 3.05) is 13.1 Å². The van der Waals surface area contributed by atoms with Crippen LogP contribution in [0.25, 0.3) is 0 Å². The summed E-state index contributed by atoms with van der Waals surface area (Å²) in [4.78, 5) is 5.91. The molecule has 0 spiro atoms. The van der Waals surface area contributed by atoms with Crippen LogP contribution in [0.3, 0.4) is 0 Å². The minimum Gasteiger partial charge on any atom is -0.317 e. The van der Waals surface area contributed by atoms with Crippen molar-refractivity contribution in [3.05, 3.63) is 51.7 Å². The number of nitrogens with one attached hydrogen (secondary N) is 1. The average molecular weight is 276 g/mol. The zero-order valence-corrected chi connectivity index (χ0v) is 11.5. The third-order valence-corrected chi connectivity index (χ3v) is 4.74. The topological polar surface area (TPSA) is 24.9 Å². The molecule has 0 bridgehead atoms. The van der Waals surface area contributed by atoms with Crippen LogP contribution in [0.1, 0.15) is 34.2 Å². The Kier molecular flexibility index (Phi) is 3.89. The summed E-state index contributed by atoms with van der Waals surface area (Å²) in [6, 6.07) is 6.69. The first-order valence-corrected chi connectivity index (χ1v) is 7.52. The number of hydrogen-bond acceptors (Lipinski definition) is 3. The summed E-state index contributed by atoms with van der Waals surface area (Å²) in [6.07, 6.45) is 5.24. The maximum Gasteiger partial charge on any atom is 0.123 e. The molecule has 1 saturated heterocycles. The third-order valence-electron chi connectivity index (χ3n) is 3.58. The Bertz CT molecular complexity index is 529. The largest absolute Gasteiger partial charge is 0.317 e. The van der Waals surface area contributed by atoms with E-state index in [1.54, 1.807) is 11.3 Å². The van der Waals surface area contributed by atoms with Gasteiger partial charge in [0.15, 0.2) is 0 Å². The Labute approximate surface area is 116 Å². The molecule has 1 aromatic carbocycles. The van der Waals surface area contributed by atoms with Crippen molar-refractivity contribution in [3.8, 4) is 0 Å². The SMILES string of the molecule is Fc1ccc(Cc2ncc(C3CCNCC3)s2)cc1. The summed E-state index contributed by atoms with van der Waals surface area (Å²) in [5, 5.41) is 4.51. The van der Waals surface area contributed by atoms with E-state index in [1.165, 1.54) is 29.9 Å². The molecule has 1 aliphatic heterocycles. The molecule has 2 nitrogen and oxygen atoms in total. The Morgan fingerprint density at radius 1 is 1.21 bits per heavy atom. The molecule has 1 N–H and O–H groups in total. The van der Waals surface area contributed by atoms with Crippen LogP contribution in [0.5, 0.6) is 0 Å². The fourth-order valence-electron chi connectivity index (χ4n) is 2.48. The van der Waals surface area contributed by atoms with Gasteiger partial charge in [-0.25, -0.2) is 9.37 Å². The van der Waals surface area contributed by atoms with Gasteiger partial charge in [0.05, 0.1) is 5.01 Å². The zero-order chi connectivity index (χ0) is 13.1. The van der Waals surface area contributed by atoms with Gasteiger partial charge in [0.2, 0.25) is 0 Å². The molecule has 0 unspecified atom stereocenters. The molecule has 0 amide bonds. The summed E-state index contributed by atoms with van der Waals surface area (Å²) in [5.41, 5.74) is 1.12. The number of rotatable bonds is 3. The van der Waals surface area contributed by atoms with Gasteiger partial charge < -0.3 is 5.32 Å². The average Bonchev–Trinajstić information content (AvgIpc) is 2.91. The Hall–Kier alpha value is -1.26. The summed E-state index contributed by atoms with van der Waals surface area (Å²) in [6.45, 7) is 2.21. The molecular weight excluding hydrogens is 259 g/mol. The first-order valence-electron chi connectivity index (χ1n) is 6.71.